The Morgan fingerprint density at radius 2 is 1.87 bits per heavy atom. The second-order valence-corrected chi connectivity index (χ2v) is 11.1. The number of hydrogen-bond donors (Lipinski definition) is 1. The van der Waals surface area contributed by atoms with Crippen molar-refractivity contribution in [1.82, 2.24) is 19.6 Å². The molecule has 0 radical (unpaired) electrons. The van der Waals surface area contributed by atoms with E-state index in [9.17, 15) is 4.39 Å². The molecule has 0 amide bonds. The zero-order chi connectivity index (χ0) is 26.8. The molecule has 1 aliphatic heterocycles. The Bertz CT molecular complexity index is 1640. The number of aryl methyl sites for hydroxylation is 2. The van der Waals surface area contributed by atoms with Crippen molar-refractivity contribution in [3.8, 4) is 11.5 Å². The average molecular weight is 557 g/mol. The SMILES string of the molecule is Cc1cc(Sc2cnc(N3C(CCc4ccccc4)=CSC3N)c(Oc3ccc(F)cc3)c2)n2nccc2n1. The van der Waals surface area contributed by atoms with E-state index in [2.05, 4.69) is 27.6 Å². The number of halogens is 1. The lowest BCUT2D eigenvalue weighted by molar-refractivity contribution is 0.475. The van der Waals surface area contributed by atoms with Crippen LogP contribution in [0.3, 0.4) is 0 Å². The molecule has 1 unspecified atom stereocenters. The summed E-state index contributed by atoms with van der Waals surface area (Å²) in [5.41, 5.74) is 10.2. The van der Waals surface area contributed by atoms with E-state index in [0.717, 1.165) is 39.8 Å². The van der Waals surface area contributed by atoms with Crippen LogP contribution in [0.1, 0.15) is 17.7 Å². The average Bonchev–Trinajstić information content (AvgIpc) is 3.56. The minimum atomic E-state index is -0.344. The second-order valence-electron chi connectivity index (χ2n) is 8.98. The van der Waals surface area contributed by atoms with Gasteiger partial charge in [-0.1, -0.05) is 53.9 Å². The summed E-state index contributed by atoms with van der Waals surface area (Å²) < 4.78 is 21.7. The van der Waals surface area contributed by atoms with Crippen molar-refractivity contribution in [1.29, 1.82) is 0 Å². The number of benzene rings is 2. The molecule has 196 valence electrons. The summed E-state index contributed by atoms with van der Waals surface area (Å²) in [6, 6.07) is 22.1. The molecule has 4 heterocycles. The number of hydrogen-bond acceptors (Lipinski definition) is 8. The first-order valence-corrected chi connectivity index (χ1v) is 14.2. The van der Waals surface area contributed by atoms with E-state index < -0.39 is 0 Å². The highest BCUT2D eigenvalue weighted by atomic mass is 32.2. The largest absolute Gasteiger partial charge is 0.453 e. The van der Waals surface area contributed by atoms with Crippen LogP contribution in [0.2, 0.25) is 0 Å². The van der Waals surface area contributed by atoms with Gasteiger partial charge in [-0.05, 0) is 61.1 Å². The van der Waals surface area contributed by atoms with E-state index in [1.54, 1.807) is 34.6 Å². The van der Waals surface area contributed by atoms with Gasteiger partial charge < -0.3 is 15.4 Å². The van der Waals surface area contributed by atoms with Crippen molar-refractivity contribution in [2.24, 2.45) is 5.73 Å². The van der Waals surface area contributed by atoms with Gasteiger partial charge in [0.15, 0.2) is 17.2 Å². The van der Waals surface area contributed by atoms with Gasteiger partial charge >= 0.3 is 0 Å². The third-order valence-electron chi connectivity index (χ3n) is 6.17. The molecular formula is C29H25FN6OS2. The van der Waals surface area contributed by atoms with Crippen LogP contribution in [0.4, 0.5) is 10.2 Å². The van der Waals surface area contributed by atoms with Gasteiger partial charge in [-0.3, -0.25) is 0 Å². The number of ether oxygens (including phenoxy) is 1. The maximum atomic E-state index is 13.6. The van der Waals surface area contributed by atoms with Gasteiger partial charge in [-0.2, -0.15) is 5.10 Å². The monoisotopic (exact) mass is 556 g/mol. The van der Waals surface area contributed by atoms with Crippen molar-refractivity contribution >= 4 is 35.0 Å². The van der Waals surface area contributed by atoms with E-state index >= 15 is 0 Å². The van der Waals surface area contributed by atoms with E-state index in [4.69, 9.17) is 15.5 Å². The Labute approximate surface area is 233 Å². The number of allylic oxidation sites excluding steroid dienone is 1. The number of pyridine rings is 1. The van der Waals surface area contributed by atoms with Crippen LogP contribution in [0.15, 0.2) is 106 Å². The smallest absolute Gasteiger partial charge is 0.178 e. The Balaban J connectivity index is 1.34. The number of aromatic nitrogens is 4. The molecule has 1 aliphatic rings. The Hall–Kier alpha value is -3.86. The van der Waals surface area contributed by atoms with Crippen molar-refractivity contribution in [3.63, 3.8) is 0 Å². The number of anilines is 1. The van der Waals surface area contributed by atoms with Crippen molar-refractivity contribution in [2.45, 2.75) is 35.2 Å². The Morgan fingerprint density at radius 3 is 2.69 bits per heavy atom. The molecule has 0 aliphatic carbocycles. The topological polar surface area (TPSA) is 81.6 Å². The first-order valence-electron chi connectivity index (χ1n) is 12.4. The number of nitrogens with zero attached hydrogens (tertiary/aromatic N) is 5. The van der Waals surface area contributed by atoms with E-state index in [0.29, 0.717) is 17.3 Å². The molecule has 1 atom stereocenters. The van der Waals surface area contributed by atoms with Gasteiger partial charge in [-0.15, -0.1) is 0 Å². The number of rotatable bonds is 8. The molecule has 5 aromatic rings. The quantitative estimate of drug-likeness (QED) is 0.209. The summed E-state index contributed by atoms with van der Waals surface area (Å²) in [6.45, 7) is 1.96. The zero-order valence-corrected chi connectivity index (χ0v) is 22.7. The fourth-order valence-electron chi connectivity index (χ4n) is 4.34. The van der Waals surface area contributed by atoms with Crippen LogP contribution >= 0.6 is 23.5 Å². The highest BCUT2D eigenvalue weighted by molar-refractivity contribution is 8.03. The zero-order valence-electron chi connectivity index (χ0n) is 21.1. The molecule has 39 heavy (non-hydrogen) atoms. The minimum Gasteiger partial charge on any atom is -0.453 e. The highest BCUT2D eigenvalue weighted by Crippen LogP contribution is 2.42. The van der Waals surface area contributed by atoms with Crippen LogP contribution in [-0.4, -0.2) is 25.1 Å². The van der Waals surface area contributed by atoms with Crippen LogP contribution in [0.25, 0.3) is 5.65 Å². The van der Waals surface area contributed by atoms with Gasteiger partial charge in [0.05, 0.1) is 6.20 Å². The molecule has 0 spiro atoms. The van der Waals surface area contributed by atoms with Gasteiger partial charge in [-0.25, -0.2) is 18.9 Å². The Morgan fingerprint density at radius 1 is 1.05 bits per heavy atom. The molecule has 10 heteroatoms. The predicted octanol–water partition coefficient (Wildman–Crippen LogP) is 6.79. The lowest BCUT2D eigenvalue weighted by Gasteiger charge is -2.27. The minimum absolute atomic E-state index is 0.328. The standard InChI is InChI=1S/C29H25FN6OS2/c1-19-15-27(36-26(34-19)13-14-33-36)39-24-16-25(37-23-11-8-21(30)9-12-23)28(32-17-24)35-22(18-38-29(35)31)10-7-20-5-3-2-4-6-20/h2-6,8-9,11-18,29H,7,10,31H2,1H3. The van der Waals surface area contributed by atoms with Gasteiger partial charge in [0.1, 0.15) is 22.1 Å². The molecule has 0 fully saturated rings. The van der Waals surface area contributed by atoms with Crippen LogP contribution in [0.5, 0.6) is 11.5 Å². The third-order valence-corrected chi connectivity index (χ3v) is 8.03. The molecular weight excluding hydrogens is 531 g/mol. The summed E-state index contributed by atoms with van der Waals surface area (Å²) in [5, 5.41) is 7.41. The predicted molar refractivity (Wildman–Crippen MR) is 153 cm³/mol. The molecule has 7 nitrogen and oxygen atoms in total. The Kier molecular flexibility index (Phi) is 7.23. The van der Waals surface area contributed by atoms with E-state index in [1.807, 2.05) is 54.4 Å². The normalized spacial score (nSPS) is 15.1. The summed E-state index contributed by atoms with van der Waals surface area (Å²) >= 11 is 3.06. The number of thioether (sulfide) groups is 1. The van der Waals surface area contributed by atoms with Crippen LogP contribution in [-0.2, 0) is 6.42 Å². The molecule has 6 rings (SSSR count). The molecule has 3 aromatic heterocycles. The maximum Gasteiger partial charge on any atom is 0.178 e. The van der Waals surface area contributed by atoms with Gasteiger partial charge in [0.25, 0.3) is 0 Å². The summed E-state index contributed by atoms with van der Waals surface area (Å²) in [4.78, 5) is 12.2. The lowest BCUT2D eigenvalue weighted by atomic mass is 10.1. The molecule has 0 saturated heterocycles. The third kappa shape index (κ3) is 5.63. The summed E-state index contributed by atoms with van der Waals surface area (Å²) in [7, 11) is 0. The highest BCUT2D eigenvalue weighted by Gasteiger charge is 2.29. The fourth-order valence-corrected chi connectivity index (χ4v) is 6.19. The molecule has 2 aromatic carbocycles. The molecule has 0 saturated carbocycles. The summed E-state index contributed by atoms with van der Waals surface area (Å²) in [5.74, 6) is 1.31. The maximum absolute atomic E-state index is 13.6. The van der Waals surface area contributed by atoms with Gasteiger partial charge in [0.2, 0.25) is 0 Å². The van der Waals surface area contributed by atoms with Crippen LogP contribution < -0.4 is 15.4 Å². The number of nitrogens with two attached hydrogens (primary N) is 1. The van der Waals surface area contributed by atoms with Crippen LogP contribution in [0, 0.1) is 12.7 Å². The first-order chi connectivity index (χ1) is 19.0. The van der Waals surface area contributed by atoms with E-state index in [-0.39, 0.29) is 11.3 Å². The first kappa shape index (κ1) is 25.4. The second kappa shape index (κ2) is 11.1. The van der Waals surface area contributed by atoms with E-state index in [1.165, 1.54) is 29.5 Å². The molecule has 2 N–H and O–H groups in total. The number of fused-ring (bicyclic) bond motifs is 1. The van der Waals surface area contributed by atoms with Gasteiger partial charge in [0, 0.05) is 34.6 Å². The van der Waals surface area contributed by atoms with Crippen molar-refractivity contribution < 1.29 is 9.13 Å². The summed E-state index contributed by atoms with van der Waals surface area (Å²) in [6.07, 6.45) is 5.21. The van der Waals surface area contributed by atoms with Crippen molar-refractivity contribution in [3.05, 3.63) is 113 Å². The van der Waals surface area contributed by atoms with Crippen molar-refractivity contribution in [2.75, 3.05) is 4.90 Å². The lowest BCUT2D eigenvalue weighted by Crippen LogP contribution is -2.36. The fraction of sp³-hybridized carbons (Fsp3) is 0.138. The molecule has 0 bridgehead atoms.